The number of piperazine rings is 1. The number of fused-ring (bicyclic) bond motifs is 1. The summed E-state index contributed by atoms with van der Waals surface area (Å²) in [6.07, 6.45) is 1.34. The van der Waals surface area contributed by atoms with Crippen molar-refractivity contribution >= 4 is 29.1 Å². The number of anilines is 2. The van der Waals surface area contributed by atoms with Gasteiger partial charge in [0.25, 0.3) is 0 Å². The van der Waals surface area contributed by atoms with E-state index in [4.69, 9.17) is 0 Å². The maximum Gasteiger partial charge on any atom is 0.249 e. The third-order valence-electron chi connectivity index (χ3n) is 5.94. The highest BCUT2D eigenvalue weighted by molar-refractivity contribution is 6.12. The number of carbonyl (C=O) groups excluding carboxylic acids is 3. The molecule has 4 rings (SSSR count). The van der Waals surface area contributed by atoms with Crippen molar-refractivity contribution in [3.05, 3.63) is 23.8 Å². The van der Waals surface area contributed by atoms with E-state index in [0.717, 1.165) is 36.6 Å². The molecule has 2 fully saturated rings. The molecule has 1 aromatic carbocycles. The first-order chi connectivity index (χ1) is 13.0. The Kier molecular flexibility index (Phi) is 4.63. The standard InChI is InChI=1S/C20H26N4O3/c1-3-14-15-10-13(23-9-8-21-11-12(23)2)4-5-16(15)24(20(14)27)17-6-7-18(25)22-19(17)26/h4-5,10,12,14,17,21H,3,6-9,11H2,1-2H3,(H,22,25,26)/t12-,14-,17?/m0/s1. The molecule has 2 saturated heterocycles. The summed E-state index contributed by atoms with van der Waals surface area (Å²) in [5.74, 6) is -0.906. The van der Waals surface area contributed by atoms with Crippen molar-refractivity contribution in [2.75, 3.05) is 29.4 Å². The molecule has 3 aliphatic rings. The van der Waals surface area contributed by atoms with Gasteiger partial charge in [-0.3, -0.25) is 24.6 Å². The largest absolute Gasteiger partial charge is 0.366 e. The Morgan fingerprint density at radius 2 is 2.04 bits per heavy atom. The van der Waals surface area contributed by atoms with Gasteiger partial charge in [0.15, 0.2) is 0 Å². The minimum absolute atomic E-state index is 0.0347. The zero-order valence-electron chi connectivity index (χ0n) is 15.8. The van der Waals surface area contributed by atoms with Gasteiger partial charge in [-0.15, -0.1) is 0 Å². The average molecular weight is 370 g/mol. The highest BCUT2D eigenvalue weighted by Crippen LogP contribution is 2.43. The fourth-order valence-electron chi connectivity index (χ4n) is 4.51. The maximum absolute atomic E-state index is 13.1. The minimum atomic E-state index is -0.602. The van der Waals surface area contributed by atoms with E-state index < -0.39 is 6.04 Å². The maximum atomic E-state index is 13.1. The number of imide groups is 1. The van der Waals surface area contributed by atoms with Crippen LogP contribution in [0.5, 0.6) is 0 Å². The Morgan fingerprint density at radius 3 is 2.74 bits per heavy atom. The lowest BCUT2D eigenvalue weighted by atomic mass is 9.97. The van der Waals surface area contributed by atoms with E-state index in [1.807, 2.05) is 19.1 Å². The fourth-order valence-corrected chi connectivity index (χ4v) is 4.51. The highest BCUT2D eigenvalue weighted by Gasteiger charge is 2.44. The molecular formula is C20H26N4O3. The second-order valence-corrected chi connectivity index (χ2v) is 7.63. The molecular weight excluding hydrogens is 344 g/mol. The molecule has 0 bridgehead atoms. The Hall–Kier alpha value is -2.41. The van der Waals surface area contributed by atoms with Gasteiger partial charge in [0.1, 0.15) is 6.04 Å². The first-order valence-corrected chi connectivity index (χ1v) is 9.79. The molecule has 0 aliphatic carbocycles. The second-order valence-electron chi connectivity index (χ2n) is 7.63. The predicted octanol–water partition coefficient (Wildman–Crippen LogP) is 1.13. The molecule has 144 valence electrons. The van der Waals surface area contributed by atoms with Crippen molar-refractivity contribution in [3.63, 3.8) is 0 Å². The number of rotatable bonds is 3. The molecule has 0 radical (unpaired) electrons. The zero-order valence-corrected chi connectivity index (χ0v) is 15.8. The molecule has 1 unspecified atom stereocenters. The van der Waals surface area contributed by atoms with E-state index in [-0.39, 0.29) is 30.1 Å². The Balaban J connectivity index is 1.69. The first kappa shape index (κ1) is 18.0. The molecule has 0 saturated carbocycles. The molecule has 7 nitrogen and oxygen atoms in total. The summed E-state index contributed by atoms with van der Waals surface area (Å²) in [4.78, 5) is 40.9. The number of nitrogens with zero attached hydrogens (tertiary/aromatic N) is 2. The van der Waals surface area contributed by atoms with Crippen molar-refractivity contribution in [1.29, 1.82) is 0 Å². The number of amides is 3. The minimum Gasteiger partial charge on any atom is -0.366 e. The van der Waals surface area contributed by atoms with Crippen LogP contribution >= 0.6 is 0 Å². The lowest BCUT2D eigenvalue weighted by Crippen LogP contribution is -2.54. The monoisotopic (exact) mass is 370 g/mol. The summed E-state index contributed by atoms with van der Waals surface area (Å²) in [5, 5.41) is 5.77. The number of nitrogens with one attached hydrogen (secondary N) is 2. The van der Waals surface area contributed by atoms with Gasteiger partial charge in [0, 0.05) is 43.5 Å². The summed E-state index contributed by atoms with van der Waals surface area (Å²) in [6, 6.07) is 5.92. The SMILES string of the molecule is CC[C@@H]1C(=O)N(C2CCC(=O)NC2=O)c2ccc(N3CCNC[C@@H]3C)cc21. The summed E-state index contributed by atoms with van der Waals surface area (Å²) >= 11 is 0. The first-order valence-electron chi connectivity index (χ1n) is 9.79. The molecule has 3 atom stereocenters. The van der Waals surface area contributed by atoms with Crippen LogP contribution in [-0.2, 0) is 14.4 Å². The number of piperidine rings is 1. The van der Waals surface area contributed by atoms with Crippen molar-refractivity contribution in [3.8, 4) is 0 Å². The molecule has 1 aromatic rings. The Morgan fingerprint density at radius 1 is 1.22 bits per heavy atom. The van der Waals surface area contributed by atoms with Crippen molar-refractivity contribution in [1.82, 2.24) is 10.6 Å². The van der Waals surface area contributed by atoms with E-state index in [2.05, 4.69) is 28.5 Å². The average Bonchev–Trinajstić information content (AvgIpc) is 2.93. The van der Waals surface area contributed by atoms with E-state index in [1.54, 1.807) is 4.90 Å². The zero-order chi connectivity index (χ0) is 19.1. The Bertz CT molecular complexity index is 793. The van der Waals surface area contributed by atoms with E-state index in [1.165, 1.54) is 0 Å². The van der Waals surface area contributed by atoms with E-state index >= 15 is 0 Å². The summed E-state index contributed by atoms with van der Waals surface area (Å²) < 4.78 is 0. The van der Waals surface area contributed by atoms with E-state index in [0.29, 0.717) is 18.9 Å². The fraction of sp³-hybridized carbons (Fsp3) is 0.550. The number of carbonyl (C=O) groups is 3. The number of hydrogen-bond donors (Lipinski definition) is 2. The van der Waals surface area contributed by atoms with Crippen LogP contribution in [0.15, 0.2) is 18.2 Å². The highest BCUT2D eigenvalue weighted by atomic mass is 16.2. The quantitative estimate of drug-likeness (QED) is 0.780. The summed E-state index contributed by atoms with van der Waals surface area (Å²) in [5.41, 5.74) is 2.93. The molecule has 3 amide bonds. The molecule has 7 heteroatoms. The van der Waals surface area contributed by atoms with Crippen molar-refractivity contribution < 1.29 is 14.4 Å². The summed E-state index contributed by atoms with van der Waals surface area (Å²) in [7, 11) is 0. The van der Waals surface area contributed by atoms with Gasteiger partial charge in [-0.25, -0.2) is 0 Å². The summed E-state index contributed by atoms with van der Waals surface area (Å²) in [6.45, 7) is 7.01. The molecule has 27 heavy (non-hydrogen) atoms. The van der Waals surface area contributed by atoms with Gasteiger partial charge in [-0.1, -0.05) is 6.92 Å². The topological polar surface area (TPSA) is 81.8 Å². The Labute approximate surface area is 159 Å². The van der Waals surface area contributed by atoms with E-state index in [9.17, 15) is 14.4 Å². The van der Waals surface area contributed by atoms with Crippen LogP contribution in [0.2, 0.25) is 0 Å². The number of benzene rings is 1. The van der Waals surface area contributed by atoms with Crippen LogP contribution in [0.3, 0.4) is 0 Å². The normalized spacial score (nSPS) is 28.4. The lowest BCUT2D eigenvalue weighted by Gasteiger charge is -2.36. The predicted molar refractivity (Wildman–Crippen MR) is 103 cm³/mol. The third-order valence-corrected chi connectivity index (χ3v) is 5.94. The van der Waals surface area contributed by atoms with Crippen LogP contribution in [0.1, 0.15) is 44.6 Å². The van der Waals surface area contributed by atoms with Crippen LogP contribution in [0.25, 0.3) is 0 Å². The van der Waals surface area contributed by atoms with Crippen LogP contribution < -0.4 is 20.4 Å². The second kappa shape index (κ2) is 6.96. The van der Waals surface area contributed by atoms with Crippen LogP contribution in [0.4, 0.5) is 11.4 Å². The lowest BCUT2D eigenvalue weighted by molar-refractivity contribution is -0.135. The van der Waals surface area contributed by atoms with Crippen molar-refractivity contribution in [2.24, 2.45) is 0 Å². The van der Waals surface area contributed by atoms with Gasteiger partial charge in [-0.05, 0) is 43.5 Å². The van der Waals surface area contributed by atoms with Crippen molar-refractivity contribution in [2.45, 2.75) is 51.1 Å². The molecule has 0 spiro atoms. The number of hydrogen-bond acceptors (Lipinski definition) is 5. The van der Waals surface area contributed by atoms with Gasteiger partial charge >= 0.3 is 0 Å². The van der Waals surface area contributed by atoms with Crippen LogP contribution in [-0.4, -0.2) is 49.4 Å². The smallest absolute Gasteiger partial charge is 0.249 e. The van der Waals surface area contributed by atoms with Gasteiger partial charge in [-0.2, -0.15) is 0 Å². The molecule has 0 aromatic heterocycles. The molecule has 2 N–H and O–H groups in total. The van der Waals surface area contributed by atoms with Gasteiger partial charge < -0.3 is 10.2 Å². The van der Waals surface area contributed by atoms with Gasteiger partial charge in [0.05, 0.1) is 5.92 Å². The molecule has 3 heterocycles. The van der Waals surface area contributed by atoms with Gasteiger partial charge in [0.2, 0.25) is 17.7 Å². The van der Waals surface area contributed by atoms with Crippen LogP contribution in [0, 0.1) is 0 Å². The third kappa shape index (κ3) is 3.00. The molecule has 3 aliphatic heterocycles.